The first-order valence-electron chi connectivity index (χ1n) is 7.88. The minimum absolute atomic E-state index is 0.0750. The van der Waals surface area contributed by atoms with Crippen LogP contribution in [0.3, 0.4) is 0 Å². The Bertz CT molecular complexity index is 993. The largest absolute Gasteiger partial charge is 0.364 e. The van der Waals surface area contributed by atoms with Crippen molar-refractivity contribution < 1.29 is 9.59 Å². The minimum atomic E-state index is -0.759. The lowest BCUT2D eigenvalue weighted by atomic mass is 10.2. The van der Waals surface area contributed by atoms with Gasteiger partial charge in [0.2, 0.25) is 0 Å². The standard InChI is InChI=1S/C19H17BrN4O2/c1-11-3-7-14(8-4-11)23-19(26)17-16(18(21)25)22-10-24(17)15-9-13(20)6-5-12(15)2/h3-10H,1-2H3,(H2,21,25)(H,23,26). The van der Waals surface area contributed by atoms with Gasteiger partial charge in [0, 0.05) is 10.2 Å². The van der Waals surface area contributed by atoms with Crippen LogP contribution in [0.5, 0.6) is 0 Å². The first-order valence-corrected chi connectivity index (χ1v) is 8.68. The number of aryl methyl sites for hydroxylation is 2. The molecule has 3 rings (SSSR count). The fraction of sp³-hybridized carbons (Fsp3) is 0.105. The maximum Gasteiger partial charge on any atom is 0.275 e. The van der Waals surface area contributed by atoms with Crippen LogP contribution in [0.4, 0.5) is 5.69 Å². The Balaban J connectivity index is 2.08. The fourth-order valence-electron chi connectivity index (χ4n) is 2.60. The summed E-state index contributed by atoms with van der Waals surface area (Å²) in [6.45, 7) is 3.87. The number of rotatable bonds is 4. The molecule has 0 radical (unpaired) electrons. The fourth-order valence-corrected chi connectivity index (χ4v) is 2.95. The van der Waals surface area contributed by atoms with Crippen molar-refractivity contribution in [3.8, 4) is 5.69 Å². The molecule has 0 fully saturated rings. The second kappa shape index (κ2) is 7.13. The molecule has 1 heterocycles. The molecule has 0 saturated carbocycles. The molecule has 0 aliphatic rings. The molecule has 1 aromatic heterocycles. The van der Waals surface area contributed by atoms with Crippen LogP contribution < -0.4 is 11.1 Å². The molecule has 2 amide bonds. The van der Waals surface area contributed by atoms with E-state index in [9.17, 15) is 9.59 Å². The smallest absolute Gasteiger partial charge is 0.275 e. The number of nitrogens with two attached hydrogens (primary N) is 1. The number of benzene rings is 2. The van der Waals surface area contributed by atoms with Crippen molar-refractivity contribution in [1.82, 2.24) is 9.55 Å². The van der Waals surface area contributed by atoms with Gasteiger partial charge in [-0.1, -0.05) is 39.7 Å². The Morgan fingerprint density at radius 1 is 1.12 bits per heavy atom. The van der Waals surface area contributed by atoms with E-state index in [4.69, 9.17) is 5.73 Å². The van der Waals surface area contributed by atoms with Gasteiger partial charge in [-0.2, -0.15) is 0 Å². The van der Waals surface area contributed by atoms with Crippen LogP contribution in [-0.4, -0.2) is 21.4 Å². The van der Waals surface area contributed by atoms with E-state index in [0.717, 1.165) is 21.3 Å². The zero-order valence-electron chi connectivity index (χ0n) is 14.3. The van der Waals surface area contributed by atoms with E-state index in [1.54, 1.807) is 16.7 Å². The molecule has 26 heavy (non-hydrogen) atoms. The maximum atomic E-state index is 12.9. The zero-order valence-corrected chi connectivity index (χ0v) is 15.9. The lowest BCUT2D eigenvalue weighted by Crippen LogP contribution is -2.23. The van der Waals surface area contributed by atoms with E-state index in [1.165, 1.54) is 6.33 Å². The number of carbonyl (C=O) groups excluding carboxylic acids is 2. The number of halogens is 1. The van der Waals surface area contributed by atoms with Crippen molar-refractivity contribution in [2.24, 2.45) is 5.73 Å². The molecule has 132 valence electrons. The van der Waals surface area contributed by atoms with E-state index in [2.05, 4.69) is 26.2 Å². The van der Waals surface area contributed by atoms with Crippen LogP contribution in [0, 0.1) is 13.8 Å². The summed E-state index contributed by atoms with van der Waals surface area (Å²) in [6.07, 6.45) is 1.43. The van der Waals surface area contributed by atoms with Crippen molar-refractivity contribution in [3.63, 3.8) is 0 Å². The molecular weight excluding hydrogens is 396 g/mol. The Labute approximate surface area is 159 Å². The second-order valence-corrected chi connectivity index (χ2v) is 6.84. The van der Waals surface area contributed by atoms with Crippen LogP contribution in [0.2, 0.25) is 0 Å². The van der Waals surface area contributed by atoms with Gasteiger partial charge in [-0.3, -0.25) is 14.2 Å². The van der Waals surface area contributed by atoms with Crippen molar-refractivity contribution in [2.75, 3.05) is 5.32 Å². The Hall–Kier alpha value is -2.93. The molecule has 0 unspecified atom stereocenters. The van der Waals surface area contributed by atoms with E-state index >= 15 is 0 Å². The summed E-state index contributed by atoms with van der Waals surface area (Å²) in [4.78, 5) is 28.7. The highest BCUT2D eigenvalue weighted by molar-refractivity contribution is 9.10. The average molecular weight is 413 g/mol. The molecule has 7 heteroatoms. The number of hydrogen-bond acceptors (Lipinski definition) is 3. The summed E-state index contributed by atoms with van der Waals surface area (Å²) < 4.78 is 2.42. The molecule has 6 nitrogen and oxygen atoms in total. The average Bonchev–Trinajstić information content (AvgIpc) is 3.04. The van der Waals surface area contributed by atoms with Crippen molar-refractivity contribution in [3.05, 3.63) is 75.8 Å². The molecule has 0 bridgehead atoms. The summed E-state index contributed by atoms with van der Waals surface area (Å²) in [6, 6.07) is 13.0. The number of amides is 2. The number of imidazole rings is 1. The Morgan fingerprint density at radius 2 is 1.81 bits per heavy atom. The molecule has 2 aromatic carbocycles. The zero-order chi connectivity index (χ0) is 18.8. The highest BCUT2D eigenvalue weighted by Gasteiger charge is 2.24. The summed E-state index contributed by atoms with van der Waals surface area (Å²) in [5.41, 5.74) is 8.79. The quantitative estimate of drug-likeness (QED) is 0.685. The van der Waals surface area contributed by atoms with Gasteiger partial charge in [-0.05, 0) is 43.7 Å². The van der Waals surface area contributed by atoms with Gasteiger partial charge in [0.05, 0.1) is 5.69 Å². The van der Waals surface area contributed by atoms with Gasteiger partial charge in [0.25, 0.3) is 11.8 Å². The van der Waals surface area contributed by atoms with Gasteiger partial charge in [0.1, 0.15) is 12.0 Å². The molecule has 0 spiro atoms. The summed E-state index contributed by atoms with van der Waals surface area (Å²) >= 11 is 3.43. The van der Waals surface area contributed by atoms with E-state index in [1.807, 2.05) is 44.2 Å². The third-order valence-corrected chi connectivity index (χ3v) is 4.45. The summed E-state index contributed by atoms with van der Waals surface area (Å²) in [5, 5.41) is 2.79. The van der Waals surface area contributed by atoms with Crippen molar-refractivity contribution in [2.45, 2.75) is 13.8 Å². The van der Waals surface area contributed by atoms with Crippen LogP contribution in [0.1, 0.15) is 32.1 Å². The van der Waals surface area contributed by atoms with Crippen LogP contribution in [0.25, 0.3) is 5.69 Å². The van der Waals surface area contributed by atoms with E-state index in [0.29, 0.717) is 5.69 Å². The van der Waals surface area contributed by atoms with E-state index in [-0.39, 0.29) is 11.4 Å². The lowest BCUT2D eigenvalue weighted by molar-refractivity contribution is 0.0971. The number of hydrogen-bond donors (Lipinski definition) is 2. The van der Waals surface area contributed by atoms with Gasteiger partial charge < -0.3 is 11.1 Å². The minimum Gasteiger partial charge on any atom is -0.364 e. The van der Waals surface area contributed by atoms with E-state index < -0.39 is 11.8 Å². The van der Waals surface area contributed by atoms with Crippen LogP contribution in [-0.2, 0) is 0 Å². The number of primary amides is 1. The normalized spacial score (nSPS) is 10.6. The lowest BCUT2D eigenvalue weighted by Gasteiger charge is -2.13. The molecule has 0 aliphatic heterocycles. The summed E-state index contributed by atoms with van der Waals surface area (Å²) in [5.74, 6) is -1.22. The molecular formula is C19H17BrN4O2. The second-order valence-electron chi connectivity index (χ2n) is 5.93. The predicted molar refractivity (Wildman–Crippen MR) is 104 cm³/mol. The highest BCUT2D eigenvalue weighted by atomic mass is 79.9. The first kappa shape index (κ1) is 17.9. The topological polar surface area (TPSA) is 90.0 Å². The van der Waals surface area contributed by atoms with Gasteiger partial charge in [-0.15, -0.1) is 0 Å². The molecule has 0 atom stereocenters. The van der Waals surface area contributed by atoms with Gasteiger partial charge in [-0.25, -0.2) is 4.98 Å². The van der Waals surface area contributed by atoms with Crippen molar-refractivity contribution in [1.29, 1.82) is 0 Å². The Kier molecular flexibility index (Phi) is 4.90. The monoisotopic (exact) mass is 412 g/mol. The molecule has 3 N–H and O–H groups in total. The third-order valence-electron chi connectivity index (χ3n) is 3.96. The van der Waals surface area contributed by atoms with Crippen LogP contribution >= 0.6 is 15.9 Å². The van der Waals surface area contributed by atoms with Crippen LogP contribution in [0.15, 0.2) is 53.3 Å². The number of nitrogens with one attached hydrogen (secondary N) is 1. The number of aromatic nitrogens is 2. The van der Waals surface area contributed by atoms with Gasteiger partial charge >= 0.3 is 0 Å². The molecule has 3 aromatic rings. The SMILES string of the molecule is Cc1ccc(NC(=O)c2c(C(N)=O)ncn2-c2cc(Br)ccc2C)cc1. The predicted octanol–water partition coefficient (Wildman–Crippen LogP) is 3.60. The number of nitrogens with zero attached hydrogens (tertiary/aromatic N) is 2. The number of carbonyl (C=O) groups is 2. The highest BCUT2D eigenvalue weighted by Crippen LogP contribution is 2.23. The summed E-state index contributed by atoms with van der Waals surface area (Å²) in [7, 11) is 0. The maximum absolute atomic E-state index is 12.9. The molecule has 0 saturated heterocycles. The number of anilines is 1. The molecule has 0 aliphatic carbocycles. The van der Waals surface area contributed by atoms with Crippen molar-refractivity contribution >= 4 is 33.4 Å². The Morgan fingerprint density at radius 3 is 2.46 bits per heavy atom. The van der Waals surface area contributed by atoms with Gasteiger partial charge in [0.15, 0.2) is 5.69 Å². The third kappa shape index (κ3) is 3.52. The first-order chi connectivity index (χ1) is 12.4.